The van der Waals surface area contributed by atoms with Crippen LogP contribution in [0, 0.1) is 62.1 Å². The summed E-state index contributed by atoms with van der Waals surface area (Å²) in [6.45, 7) is 12.3. The van der Waals surface area contributed by atoms with E-state index < -0.39 is 16.7 Å². The van der Waals surface area contributed by atoms with Gasteiger partial charge >= 0.3 is 0 Å². The zero-order chi connectivity index (χ0) is 20.7. The zero-order valence-electron chi connectivity index (χ0n) is 17.5. The maximum Gasteiger partial charge on any atom is 0.189 e. The highest BCUT2D eigenvalue weighted by molar-refractivity contribution is 6.00. The molecule has 0 aromatic rings. The van der Waals surface area contributed by atoms with Gasteiger partial charge in [-0.3, -0.25) is 0 Å². The Hall–Kier alpha value is -2.20. The van der Waals surface area contributed by atoms with Gasteiger partial charge in [0.1, 0.15) is 5.92 Å². The Morgan fingerprint density at radius 2 is 1.61 bits per heavy atom. The van der Waals surface area contributed by atoms with Gasteiger partial charge in [-0.15, -0.1) is 0 Å². The van der Waals surface area contributed by atoms with Crippen molar-refractivity contribution in [3.63, 3.8) is 0 Å². The number of quaternary nitrogens is 2. The molecule has 2 aliphatic heterocycles. The molecule has 1 saturated carbocycles. The van der Waals surface area contributed by atoms with Gasteiger partial charge in [-0.25, -0.2) is 0 Å². The molecular formula is C22H32N6+2. The van der Waals surface area contributed by atoms with Crippen LogP contribution in [0.3, 0.4) is 0 Å². The minimum Gasteiger partial charge on any atom is -0.333 e. The second kappa shape index (κ2) is 7.32. The molecule has 0 radical (unpaired) electrons. The average molecular weight is 381 g/mol. The summed E-state index contributed by atoms with van der Waals surface area (Å²) >= 11 is 0. The zero-order valence-corrected chi connectivity index (χ0v) is 17.5. The number of rotatable bonds is 2. The van der Waals surface area contributed by atoms with E-state index >= 15 is 0 Å². The molecule has 0 amide bonds. The van der Waals surface area contributed by atoms with Gasteiger partial charge < -0.3 is 15.2 Å². The van der Waals surface area contributed by atoms with Crippen molar-refractivity contribution in [1.82, 2.24) is 0 Å². The molecule has 1 aliphatic carbocycles. The lowest BCUT2D eigenvalue weighted by Crippen LogP contribution is -3.17. The van der Waals surface area contributed by atoms with E-state index in [4.69, 9.17) is 5.41 Å². The summed E-state index contributed by atoms with van der Waals surface area (Å²) < 4.78 is 0. The summed E-state index contributed by atoms with van der Waals surface area (Å²) in [5.74, 6) is -0.718. The number of hydrogen-bond acceptors (Lipinski definition) is 4. The maximum absolute atomic E-state index is 10.2. The fourth-order valence-corrected chi connectivity index (χ4v) is 5.90. The molecule has 2 fully saturated rings. The van der Waals surface area contributed by atoms with Gasteiger partial charge in [-0.05, 0) is 39.3 Å². The molecule has 0 aromatic heterocycles. The number of nitrogens with one attached hydrogen (secondary N) is 3. The van der Waals surface area contributed by atoms with E-state index in [-0.39, 0.29) is 11.6 Å². The average Bonchev–Trinajstić information content (AvgIpc) is 2.69. The summed E-state index contributed by atoms with van der Waals surface area (Å²) in [6, 6.07) is 7.77. The third kappa shape index (κ3) is 2.69. The Kier molecular flexibility index (Phi) is 5.37. The summed E-state index contributed by atoms with van der Waals surface area (Å²) in [7, 11) is 0. The van der Waals surface area contributed by atoms with Crippen LogP contribution in [-0.4, -0.2) is 44.0 Å². The van der Waals surface area contributed by atoms with Crippen molar-refractivity contribution in [3.05, 3.63) is 11.6 Å². The Labute approximate surface area is 168 Å². The lowest BCUT2D eigenvalue weighted by atomic mass is 9.44. The van der Waals surface area contributed by atoms with Gasteiger partial charge in [0.15, 0.2) is 5.41 Å². The molecule has 6 heteroatoms. The van der Waals surface area contributed by atoms with Crippen molar-refractivity contribution in [2.45, 2.75) is 52.6 Å². The second-order valence-electron chi connectivity index (χ2n) is 9.40. The molecule has 148 valence electrons. The van der Waals surface area contributed by atoms with E-state index in [2.05, 4.69) is 52.0 Å². The standard InChI is InChI=1S/C22H30N6/c1-15(2)27-9-6-21(7-10-27)19-12-28(16(3)4)8-5-17(19)18(11-23)20(26)22(21,13-24)14-25/h5,15-16,18-19,26H,6-10,12H2,1-4H3/p+2/t18-,19-/m1/s1. The quantitative estimate of drug-likeness (QED) is 0.593. The lowest BCUT2D eigenvalue weighted by Gasteiger charge is -2.57. The third-order valence-corrected chi connectivity index (χ3v) is 7.79. The minimum atomic E-state index is -1.50. The number of likely N-dealkylation sites (tertiary alicyclic amines) is 1. The molecule has 3 rings (SSSR count). The van der Waals surface area contributed by atoms with Gasteiger partial charge in [0.2, 0.25) is 0 Å². The number of nitriles is 3. The van der Waals surface area contributed by atoms with Gasteiger partial charge in [-0.1, -0.05) is 0 Å². The predicted octanol–water partition coefficient (Wildman–Crippen LogP) is 0.116. The molecule has 1 unspecified atom stereocenters. The highest BCUT2D eigenvalue weighted by Crippen LogP contribution is 2.59. The molecule has 3 atom stereocenters. The summed E-state index contributed by atoms with van der Waals surface area (Å²) in [5.41, 5.74) is -1.04. The van der Waals surface area contributed by atoms with Crippen LogP contribution < -0.4 is 9.80 Å². The van der Waals surface area contributed by atoms with E-state index in [0.717, 1.165) is 44.6 Å². The first-order valence-electron chi connectivity index (χ1n) is 10.5. The van der Waals surface area contributed by atoms with Gasteiger partial charge in [0, 0.05) is 24.2 Å². The molecular weight excluding hydrogens is 348 g/mol. The van der Waals surface area contributed by atoms with Crippen LogP contribution >= 0.6 is 0 Å². The topological polar surface area (TPSA) is 104 Å². The van der Waals surface area contributed by atoms with Crippen molar-refractivity contribution >= 4 is 5.71 Å². The molecule has 2 heterocycles. The molecule has 28 heavy (non-hydrogen) atoms. The molecule has 3 aliphatic rings. The Morgan fingerprint density at radius 1 is 1.04 bits per heavy atom. The summed E-state index contributed by atoms with van der Waals surface area (Å²) in [6.07, 6.45) is 3.67. The summed E-state index contributed by atoms with van der Waals surface area (Å²) in [4.78, 5) is 2.93. The van der Waals surface area contributed by atoms with Crippen LogP contribution in [0.4, 0.5) is 0 Å². The smallest absolute Gasteiger partial charge is 0.189 e. The van der Waals surface area contributed by atoms with Gasteiger partial charge in [-0.2, -0.15) is 15.8 Å². The molecule has 0 bridgehead atoms. The Balaban J connectivity index is 2.16. The molecule has 1 spiro atoms. The second-order valence-corrected chi connectivity index (χ2v) is 9.40. The number of hydrogen-bond donors (Lipinski definition) is 3. The molecule has 0 aromatic carbocycles. The Morgan fingerprint density at radius 3 is 2.07 bits per heavy atom. The molecule has 6 nitrogen and oxygen atoms in total. The first kappa shape index (κ1) is 20.5. The third-order valence-electron chi connectivity index (χ3n) is 7.79. The number of nitrogens with zero attached hydrogens (tertiary/aromatic N) is 3. The van der Waals surface area contributed by atoms with Crippen molar-refractivity contribution < 1.29 is 9.80 Å². The lowest BCUT2D eigenvalue weighted by molar-refractivity contribution is -0.932. The normalized spacial score (nSPS) is 37.0. The van der Waals surface area contributed by atoms with E-state index in [1.165, 1.54) is 9.80 Å². The van der Waals surface area contributed by atoms with E-state index in [9.17, 15) is 15.8 Å². The van der Waals surface area contributed by atoms with Gasteiger partial charge in [0.05, 0.1) is 62.2 Å². The first-order chi connectivity index (χ1) is 13.3. The van der Waals surface area contributed by atoms with Crippen molar-refractivity contribution in [3.8, 4) is 18.2 Å². The van der Waals surface area contributed by atoms with Gasteiger partial charge in [0.25, 0.3) is 0 Å². The van der Waals surface area contributed by atoms with Crippen LogP contribution in [0.25, 0.3) is 0 Å². The summed E-state index contributed by atoms with van der Waals surface area (Å²) in [5, 5.41) is 39.1. The van der Waals surface area contributed by atoms with Crippen molar-refractivity contribution in [2.24, 2.45) is 22.7 Å². The Bertz CT molecular complexity index is 780. The van der Waals surface area contributed by atoms with Crippen LogP contribution in [0.2, 0.25) is 0 Å². The van der Waals surface area contributed by atoms with Crippen LogP contribution in [0.15, 0.2) is 11.6 Å². The highest BCUT2D eigenvalue weighted by atomic mass is 15.2. The van der Waals surface area contributed by atoms with E-state index in [1.54, 1.807) is 0 Å². The highest BCUT2D eigenvalue weighted by Gasteiger charge is 2.68. The fourth-order valence-electron chi connectivity index (χ4n) is 5.90. The molecule has 1 saturated heterocycles. The minimum absolute atomic E-state index is 0.0171. The van der Waals surface area contributed by atoms with Crippen molar-refractivity contribution in [2.75, 3.05) is 26.2 Å². The molecule has 3 N–H and O–H groups in total. The fraction of sp³-hybridized carbons (Fsp3) is 0.727. The van der Waals surface area contributed by atoms with Crippen molar-refractivity contribution in [1.29, 1.82) is 21.2 Å². The predicted molar refractivity (Wildman–Crippen MR) is 105 cm³/mol. The first-order valence-corrected chi connectivity index (χ1v) is 10.5. The maximum atomic E-state index is 10.2. The monoisotopic (exact) mass is 380 g/mol. The number of fused-ring (bicyclic) bond motifs is 2. The number of piperidine rings is 1. The largest absolute Gasteiger partial charge is 0.333 e. The van der Waals surface area contributed by atoms with Crippen LogP contribution in [-0.2, 0) is 0 Å². The van der Waals surface area contributed by atoms with E-state index in [0.29, 0.717) is 12.1 Å². The van der Waals surface area contributed by atoms with Crippen LogP contribution in [0.5, 0.6) is 0 Å². The SMILES string of the molecule is CC(C)[NH+]1CCC2(CC1)[C@@H]1C[NH+](C(C)C)CC=C1[C@@H](C#N)C(=N)C2(C#N)C#N. The van der Waals surface area contributed by atoms with Crippen LogP contribution in [0.1, 0.15) is 40.5 Å². The van der Waals surface area contributed by atoms with E-state index in [1.807, 2.05) is 0 Å².